The zero-order valence-corrected chi connectivity index (χ0v) is 11.8. The molecule has 0 atom stereocenters. The summed E-state index contributed by atoms with van der Waals surface area (Å²) >= 11 is 0. The highest BCUT2D eigenvalue weighted by Gasteiger charge is 2.11. The molecule has 0 saturated carbocycles. The van der Waals surface area contributed by atoms with Gasteiger partial charge >= 0.3 is 0 Å². The van der Waals surface area contributed by atoms with E-state index in [0.717, 1.165) is 16.9 Å². The average molecular weight is 274 g/mol. The van der Waals surface area contributed by atoms with Gasteiger partial charge in [0.05, 0.1) is 0 Å². The molecular weight excluding hydrogens is 256 g/mol. The van der Waals surface area contributed by atoms with Gasteiger partial charge in [0.25, 0.3) is 5.91 Å². The van der Waals surface area contributed by atoms with Crippen LogP contribution in [-0.4, -0.2) is 27.7 Å². The van der Waals surface area contributed by atoms with Crippen LogP contribution in [0.2, 0.25) is 0 Å². The summed E-state index contributed by atoms with van der Waals surface area (Å²) in [6.07, 6.45) is 1.33. The summed E-state index contributed by atoms with van der Waals surface area (Å²) in [7, 11) is 0. The number of amides is 1. The number of nitrogens with one attached hydrogen (secondary N) is 2. The standard InChI is InChI=1S/C14H18N4O2/c1-9(2)11-5-4-10(3)6-12(11)20-7-13(19)17-14-15-8-16-18-14/h4-6,8-9H,7H2,1-3H3,(H2,15,16,17,18,19). The Hall–Kier alpha value is -2.37. The summed E-state index contributed by atoms with van der Waals surface area (Å²) < 4.78 is 5.62. The Labute approximate surface area is 117 Å². The van der Waals surface area contributed by atoms with Crippen molar-refractivity contribution < 1.29 is 9.53 Å². The van der Waals surface area contributed by atoms with Crippen molar-refractivity contribution in [2.75, 3.05) is 11.9 Å². The molecule has 6 heteroatoms. The molecule has 6 nitrogen and oxygen atoms in total. The number of anilines is 1. The van der Waals surface area contributed by atoms with E-state index in [-0.39, 0.29) is 12.5 Å². The van der Waals surface area contributed by atoms with E-state index in [1.165, 1.54) is 6.33 Å². The molecule has 0 aliphatic heterocycles. The molecule has 2 aromatic rings. The van der Waals surface area contributed by atoms with Gasteiger partial charge in [0.2, 0.25) is 5.95 Å². The molecule has 2 N–H and O–H groups in total. The van der Waals surface area contributed by atoms with E-state index >= 15 is 0 Å². The van der Waals surface area contributed by atoms with E-state index in [2.05, 4.69) is 34.3 Å². The van der Waals surface area contributed by atoms with Crippen molar-refractivity contribution in [2.24, 2.45) is 0 Å². The summed E-state index contributed by atoms with van der Waals surface area (Å²) in [5.74, 6) is 1.11. The van der Waals surface area contributed by atoms with Gasteiger partial charge < -0.3 is 4.74 Å². The van der Waals surface area contributed by atoms with E-state index in [1.54, 1.807) is 0 Å². The van der Waals surface area contributed by atoms with Crippen LogP contribution in [0.15, 0.2) is 24.5 Å². The third kappa shape index (κ3) is 3.57. The van der Waals surface area contributed by atoms with E-state index < -0.39 is 0 Å². The molecule has 0 bridgehead atoms. The van der Waals surface area contributed by atoms with Crippen molar-refractivity contribution in [2.45, 2.75) is 26.7 Å². The number of aromatic amines is 1. The second-order valence-electron chi connectivity index (χ2n) is 4.87. The van der Waals surface area contributed by atoms with Gasteiger partial charge in [-0.1, -0.05) is 26.0 Å². The smallest absolute Gasteiger partial charge is 0.264 e. The lowest BCUT2D eigenvalue weighted by molar-refractivity contribution is -0.118. The fourth-order valence-electron chi connectivity index (χ4n) is 1.82. The molecule has 0 radical (unpaired) electrons. The Kier molecular flexibility index (Phi) is 4.34. The van der Waals surface area contributed by atoms with Gasteiger partial charge in [-0.05, 0) is 30.0 Å². The highest BCUT2D eigenvalue weighted by atomic mass is 16.5. The first-order valence-corrected chi connectivity index (χ1v) is 6.45. The van der Waals surface area contributed by atoms with Gasteiger partial charge in [0.15, 0.2) is 6.61 Å². The number of ether oxygens (including phenoxy) is 1. The fraction of sp³-hybridized carbons (Fsp3) is 0.357. The van der Waals surface area contributed by atoms with Gasteiger partial charge in [0, 0.05) is 0 Å². The molecule has 2 rings (SSSR count). The number of aromatic nitrogens is 3. The molecule has 0 aliphatic carbocycles. The van der Waals surface area contributed by atoms with Gasteiger partial charge in [-0.2, -0.15) is 10.1 Å². The monoisotopic (exact) mass is 274 g/mol. The predicted molar refractivity (Wildman–Crippen MR) is 75.8 cm³/mol. The van der Waals surface area contributed by atoms with Gasteiger partial charge in [0.1, 0.15) is 12.1 Å². The van der Waals surface area contributed by atoms with Crippen LogP contribution in [0.3, 0.4) is 0 Å². The molecule has 1 aromatic carbocycles. The fourth-order valence-corrected chi connectivity index (χ4v) is 1.82. The highest BCUT2D eigenvalue weighted by molar-refractivity contribution is 5.90. The summed E-state index contributed by atoms with van der Waals surface area (Å²) in [6, 6.07) is 6.01. The number of benzene rings is 1. The third-order valence-electron chi connectivity index (χ3n) is 2.82. The van der Waals surface area contributed by atoms with Crippen molar-refractivity contribution in [3.05, 3.63) is 35.7 Å². The topological polar surface area (TPSA) is 79.9 Å². The maximum Gasteiger partial charge on any atom is 0.264 e. The number of hydrogen-bond acceptors (Lipinski definition) is 4. The van der Waals surface area contributed by atoms with Crippen molar-refractivity contribution in [1.82, 2.24) is 15.2 Å². The highest BCUT2D eigenvalue weighted by Crippen LogP contribution is 2.27. The van der Waals surface area contributed by atoms with Crippen LogP contribution >= 0.6 is 0 Å². The number of carbonyl (C=O) groups excluding carboxylic acids is 1. The molecular formula is C14H18N4O2. The molecule has 0 aliphatic rings. The van der Waals surface area contributed by atoms with Crippen molar-refractivity contribution >= 4 is 11.9 Å². The van der Waals surface area contributed by atoms with Gasteiger partial charge in [-0.15, -0.1) is 0 Å². The normalized spacial score (nSPS) is 10.6. The Morgan fingerprint density at radius 1 is 1.45 bits per heavy atom. The molecule has 20 heavy (non-hydrogen) atoms. The molecule has 0 unspecified atom stereocenters. The van der Waals surface area contributed by atoms with Crippen LogP contribution in [-0.2, 0) is 4.79 Å². The number of carbonyl (C=O) groups is 1. The molecule has 0 fully saturated rings. The Balaban J connectivity index is 1.99. The van der Waals surface area contributed by atoms with Crippen LogP contribution in [0.5, 0.6) is 5.75 Å². The quantitative estimate of drug-likeness (QED) is 0.876. The third-order valence-corrected chi connectivity index (χ3v) is 2.82. The first-order valence-electron chi connectivity index (χ1n) is 6.45. The molecule has 1 heterocycles. The number of aryl methyl sites for hydroxylation is 1. The number of H-pyrrole nitrogens is 1. The maximum absolute atomic E-state index is 11.7. The lowest BCUT2D eigenvalue weighted by Crippen LogP contribution is -2.21. The van der Waals surface area contributed by atoms with Crippen molar-refractivity contribution in [3.8, 4) is 5.75 Å². The van der Waals surface area contributed by atoms with E-state index in [1.807, 2.05) is 25.1 Å². The Bertz CT molecular complexity index is 579. The minimum atomic E-state index is -0.280. The maximum atomic E-state index is 11.7. The Morgan fingerprint density at radius 3 is 2.90 bits per heavy atom. The molecule has 106 valence electrons. The van der Waals surface area contributed by atoms with Crippen LogP contribution in [0, 0.1) is 6.92 Å². The van der Waals surface area contributed by atoms with Crippen molar-refractivity contribution in [3.63, 3.8) is 0 Å². The number of rotatable bonds is 5. The molecule has 1 amide bonds. The first kappa shape index (κ1) is 14.0. The zero-order chi connectivity index (χ0) is 14.5. The Morgan fingerprint density at radius 2 is 2.25 bits per heavy atom. The van der Waals surface area contributed by atoms with E-state index in [0.29, 0.717) is 11.9 Å². The summed E-state index contributed by atoms with van der Waals surface area (Å²) in [5, 5.41) is 8.77. The SMILES string of the molecule is Cc1ccc(C(C)C)c(OCC(=O)Nc2ncn[nH]2)c1. The van der Waals surface area contributed by atoms with E-state index in [9.17, 15) is 4.79 Å². The second kappa shape index (κ2) is 6.18. The molecule has 1 aromatic heterocycles. The van der Waals surface area contributed by atoms with Crippen molar-refractivity contribution in [1.29, 1.82) is 0 Å². The van der Waals surface area contributed by atoms with Crippen LogP contribution in [0.25, 0.3) is 0 Å². The summed E-state index contributed by atoms with van der Waals surface area (Å²) in [5.41, 5.74) is 2.18. The summed E-state index contributed by atoms with van der Waals surface area (Å²) in [6.45, 7) is 6.10. The largest absolute Gasteiger partial charge is 0.483 e. The molecule has 0 spiro atoms. The second-order valence-corrected chi connectivity index (χ2v) is 4.87. The predicted octanol–water partition coefficient (Wildman–Crippen LogP) is 2.25. The lowest BCUT2D eigenvalue weighted by Gasteiger charge is -2.14. The number of hydrogen-bond donors (Lipinski definition) is 2. The van der Waals surface area contributed by atoms with Crippen LogP contribution in [0.1, 0.15) is 30.9 Å². The van der Waals surface area contributed by atoms with Crippen LogP contribution < -0.4 is 10.1 Å². The minimum Gasteiger partial charge on any atom is -0.483 e. The zero-order valence-electron chi connectivity index (χ0n) is 11.8. The average Bonchev–Trinajstić information content (AvgIpc) is 2.89. The number of nitrogens with zero attached hydrogens (tertiary/aromatic N) is 2. The van der Waals surface area contributed by atoms with Gasteiger partial charge in [-0.25, -0.2) is 5.10 Å². The lowest BCUT2D eigenvalue weighted by atomic mass is 10.0. The first-order chi connectivity index (χ1) is 9.56. The van der Waals surface area contributed by atoms with E-state index in [4.69, 9.17) is 4.74 Å². The molecule has 0 saturated heterocycles. The van der Waals surface area contributed by atoms with Crippen LogP contribution in [0.4, 0.5) is 5.95 Å². The minimum absolute atomic E-state index is 0.0656. The van der Waals surface area contributed by atoms with Gasteiger partial charge in [-0.3, -0.25) is 10.1 Å². The summed E-state index contributed by atoms with van der Waals surface area (Å²) in [4.78, 5) is 15.5.